The normalized spacial score (nSPS) is 10.9. The molecule has 1 N–H and O–H groups in total. The molecule has 0 aliphatic carbocycles. The van der Waals surface area contributed by atoms with Crippen LogP contribution in [-0.4, -0.2) is 7.05 Å². The Morgan fingerprint density at radius 1 is 1.36 bits per heavy atom. The first-order valence-electron chi connectivity index (χ1n) is 5.05. The summed E-state index contributed by atoms with van der Waals surface area (Å²) in [5.41, 5.74) is 1.97. The summed E-state index contributed by atoms with van der Waals surface area (Å²) in [4.78, 5) is 0. The highest BCUT2D eigenvalue weighted by atomic mass is 19.1. The third-order valence-electron chi connectivity index (χ3n) is 2.12. The van der Waals surface area contributed by atoms with Gasteiger partial charge in [-0.05, 0) is 36.6 Å². The van der Waals surface area contributed by atoms with Gasteiger partial charge in [0.15, 0.2) is 0 Å². The third-order valence-corrected chi connectivity index (χ3v) is 2.12. The van der Waals surface area contributed by atoms with Gasteiger partial charge < -0.3 is 5.32 Å². The van der Waals surface area contributed by atoms with Crippen LogP contribution in [0.15, 0.2) is 18.2 Å². The summed E-state index contributed by atoms with van der Waals surface area (Å²) < 4.78 is 13.3. The zero-order chi connectivity index (χ0) is 10.6. The Labute approximate surface area is 85.3 Å². The molecule has 0 spiro atoms. The van der Waals surface area contributed by atoms with Crippen molar-refractivity contribution in [2.24, 2.45) is 5.92 Å². The van der Waals surface area contributed by atoms with Gasteiger partial charge in [-0.1, -0.05) is 26.0 Å². The second-order valence-electron chi connectivity index (χ2n) is 4.05. The first kappa shape index (κ1) is 11.2. The van der Waals surface area contributed by atoms with E-state index in [1.807, 2.05) is 19.2 Å². The van der Waals surface area contributed by atoms with Gasteiger partial charge in [-0.25, -0.2) is 4.39 Å². The molecule has 0 amide bonds. The molecule has 0 unspecified atom stereocenters. The molecule has 14 heavy (non-hydrogen) atoms. The minimum Gasteiger partial charge on any atom is -0.316 e. The maximum Gasteiger partial charge on any atom is 0.126 e. The van der Waals surface area contributed by atoms with Crippen LogP contribution in [0.2, 0.25) is 0 Å². The number of hydrogen-bond acceptors (Lipinski definition) is 1. The molecule has 1 rings (SSSR count). The summed E-state index contributed by atoms with van der Waals surface area (Å²) in [5, 5.41) is 3.06. The summed E-state index contributed by atoms with van der Waals surface area (Å²) in [5.74, 6) is 0.410. The number of nitrogens with one attached hydrogen (secondary N) is 1. The Morgan fingerprint density at radius 3 is 2.64 bits per heavy atom. The Hall–Kier alpha value is -0.890. The van der Waals surface area contributed by atoms with Crippen LogP contribution < -0.4 is 5.32 Å². The van der Waals surface area contributed by atoms with Crippen LogP contribution in [0.25, 0.3) is 0 Å². The largest absolute Gasteiger partial charge is 0.316 e. The lowest BCUT2D eigenvalue weighted by atomic mass is 10.0. The van der Waals surface area contributed by atoms with E-state index in [0.29, 0.717) is 5.92 Å². The van der Waals surface area contributed by atoms with Gasteiger partial charge in [-0.3, -0.25) is 0 Å². The van der Waals surface area contributed by atoms with E-state index < -0.39 is 0 Å². The molecule has 0 aromatic heterocycles. The fraction of sp³-hybridized carbons (Fsp3) is 0.500. The number of rotatable bonds is 4. The highest BCUT2D eigenvalue weighted by Gasteiger charge is 2.05. The van der Waals surface area contributed by atoms with Crippen molar-refractivity contribution in [2.45, 2.75) is 26.8 Å². The summed E-state index contributed by atoms with van der Waals surface area (Å²) in [6.45, 7) is 5.00. The van der Waals surface area contributed by atoms with Crippen LogP contribution in [-0.2, 0) is 13.0 Å². The third kappa shape index (κ3) is 3.11. The monoisotopic (exact) mass is 195 g/mol. The van der Waals surface area contributed by atoms with Crippen molar-refractivity contribution in [3.05, 3.63) is 35.1 Å². The second-order valence-corrected chi connectivity index (χ2v) is 4.05. The highest BCUT2D eigenvalue weighted by molar-refractivity contribution is 5.25. The fourth-order valence-electron chi connectivity index (χ4n) is 1.54. The molecule has 78 valence electrons. The van der Waals surface area contributed by atoms with Crippen molar-refractivity contribution >= 4 is 0 Å². The van der Waals surface area contributed by atoms with Crippen LogP contribution in [0.5, 0.6) is 0 Å². The Morgan fingerprint density at radius 2 is 2.07 bits per heavy atom. The average Bonchev–Trinajstić information content (AvgIpc) is 2.10. The number of hydrogen-bond donors (Lipinski definition) is 1. The van der Waals surface area contributed by atoms with E-state index in [0.717, 1.165) is 24.1 Å². The van der Waals surface area contributed by atoms with Gasteiger partial charge in [0.05, 0.1) is 0 Å². The van der Waals surface area contributed by atoms with E-state index in [4.69, 9.17) is 0 Å². The zero-order valence-corrected chi connectivity index (χ0v) is 9.10. The molecule has 0 bridgehead atoms. The van der Waals surface area contributed by atoms with Gasteiger partial charge in [-0.15, -0.1) is 0 Å². The number of halogens is 1. The molecule has 0 atom stereocenters. The van der Waals surface area contributed by atoms with Crippen LogP contribution in [0, 0.1) is 11.7 Å². The quantitative estimate of drug-likeness (QED) is 0.779. The molecule has 0 radical (unpaired) electrons. The molecular formula is C12H18FN. The van der Waals surface area contributed by atoms with Crippen molar-refractivity contribution in [1.29, 1.82) is 0 Å². The average molecular weight is 195 g/mol. The SMILES string of the molecule is CNCc1ccc(F)c(CC(C)C)c1. The van der Waals surface area contributed by atoms with Crippen molar-refractivity contribution in [3.63, 3.8) is 0 Å². The van der Waals surface area contributed by atoms with E-state index in [1.165, 1.54) is 0 Å². The molecule has 0 saturated heterocycles. The zero-order valence-electron chi connectivity index (χ0n) is 9.10. The summed E-state index contributed by atoms with van der Waals surface area (Å²) >= 11 is 0. The molecular weight excluding hydrogens is 177 g/mol. The minimum absolute atomic E-state index is 0.0847. The van der Waals surface area contributed by atoms with Gasteiger partial charge in [-0.2, -0.15) is 0 Å². The van der Waals surface area contributed by atoms with Gasteiger partial charge >= 0.3 is 0 Å². The predicted octanol–water partition coefficient (Wildman–Crippen LogP) is 2.74. The van der Waals surface area contributed by atoms with Gasteiger partial charge in [0, 0.05) is 6.54 Å². The van der Waals surface area contributed by atoms with Crippen molar-refractivity contribution in [3.8, 4) is 0 Å². The van der Waals surface area contributed by atoms with Crippen molar-refractivity contribution in [1.82, 2.24) is 5.32 Å². The fourth-order valence-corrected chi connectivity index (χ4v) is 1.54. The van der Waals surface area contributed by atoms with Crippen molar-refractivity contribution in [2.75, 3.05) is 7.05 Å². The lowest BCUT2D eigenvalue weighted by molar-refractivity contribution is 0.572. The maximum absolute atomic E-state index is 13.3. The number of benzene rings is 1. The van der Waals surface area contributed by atoms with E-state index in [9.17, 15) is 4.39 Å². The molecule has 1 aromatic carbocycles. The van der Waals surface area contributed by atoms with Gasteiger partial charge in [0.2, 0.25) is 0 Å². The molecule has 2 heteroatoms. The van der Waals surface area contributed by atoms with Gasteiger partial charge in [0.25, 0.3) is 0 Å². The predicted molar refractivity (Wildman–Crippen MR) is 57.7 cm³/mol. The Bertz CT molecular complexity index is 294. The van der Waals surface area contributed by atoms with E-state index in [-0.39, 0.29) is 5.82 Å². The lowest BCUT2D eigenvalue weighted by Crippen LogP contribution is -2.06. The highest BCUT2D eigenvalue weighted by Crippen LogP contribution is 2.14. The lowest BCUT2D eigenvalue weighted by Gasteiger charge is -2.08. The Kier molecular flexibility index (Phi) is 4.08. The second kappa shape index (κ2) is 5.11. The summed E-state index contributed by atoms with van der Waals surface area (Å²) in [6, 6.07) is 5.34. The molecule has 0 fully saturated rings. The van der Waals surface area contributed by atoms with Crippen LogP contribution in [0.4, 0.5) is 4.39 Å². The Balaban J connectivity index is 2.84. The van der Waals surface area contributed by atoms with Crippen LogP contribution in [0.3, 0.4) is 0 Å². The first-order chi connectivity index (χ1) is 6.63. The van der Waals surface area contributed by atoms with E-state index >= 15 is 0 Å². The van der Waals surface area contributed by atoms with Crippen LogP contribution in [0.1, 0.15) is 25.0 Å². The van der Waals surface area contributed by atoms with E-state index in [2.05, 4.69) is 19.2 Å². The van der Waals surface area contributed by atoms with Crippen LogP contribution >= 0.6 is 0 Å². The summed E-state index contributed by atoms with van der Waals surface area (Å²) in [7, 11) is 1.89. The summed E-state index contributed by atoms with van der Waals surface area (Å²) in [6.07, 6.45) is 0.809. The molecule has 0 aliphatic rings. The van der Waals surface area contributed by atoms with Gasteiger partial charge in [0.1, 0.15) is 5.82 Å². The standard InChI is InChI=1S/C12H18FN/c1-9(2)6-11-7-10(8-14-3)4-5-12(11)13/h4-5,7,9,14H,6,8H2,1-3H3. The molecule has 0 saturated carbocycles. The molecule has 0 heterocycles. The first-order valence-corrected chi connectivity index (χ1v) is 5.05. The topological polar surface area (TPSA) is 12.0 Å². The molecule has 1 nitrogen and oxygen atoms in total. The smallest absolute Gasteiger partial charge is 0.126 e. The molecule has 0 aliphatic heterocycles. The van der Waals surface area contributed by atoms with Crippen molar-refractivity contribution < 1.29 is 4.39 Å². The van der Waals surface area contributed by atoms with E-state index in [1.54, 1.807) is 6.07 Å². The maximum atomic E-state index is 13.3. The minimum atomic E-state index is -0.0847. The molecule has 1 aromatic rings.